The molecule has 4 unspecified atom stereocenters. The van der Waals surface area contributed by atoms with E-state index in [0.29, 0.717) is 11.5 Å². The van der Waals surface area contributed by atoms with Crippen LogP contribution in [0.4, 0.5) is 0 Å². The lowest BCUT2D eigenvalue weighted by Gasteiger charge is -2.36. The number of nitrogens with two attached hydrogens (primary N) is 1. The molecule has 1 aliphatic carbocycles. The summed E-state index contributed by atoms with van der Waals surface area (Å²) < 4.78 is 0. The molecule has 18 heavy (non-hydrogen) atoms. The third kappa shape index (κ3) is 5.73. The Labute approximate surface area is 115 Å². The fraction of sp³-hybridized carbons (Fsp3) is 1.00. The van der Waals surface area contributed by atoms with E-state index in [1.54, 1.807) is 0 Å². The zero-order chi connectivity index (χ0) is 13.9. The van der Waals surface area contributed by atoms with Gasteiger partial charge in [-0.05, 0) is 61.2 Å². The molecule has 0 radical (unpaired) electrons. The van der Waals surface area contributed by atoms with Gasteiger partial charge in [0.1, 0.15) is 0 Å². The van der Waals surface area contributed by atoms with Crippen molar-refractivity contribution in [1.29, 1.82) is 0 Å². The van der Waals surface area contributed by atoms with Crippen LogP contribution in [-0.2, 0) is 0 Å². The van der Waals surface area contributed by atoms with Crippen molar-refractivity contribution < 1.29 is 0 Å². The monoisotopic (exact) mass is 253 g/mol. The zero-order valence-corrected chi connectivity index (χ0v) is 13.5. The average Bonchev–Trinajstić information content (AvgIpc) is 2.12. The molecule has 0 saturated heterocycles. The summed E-state index contributed by atoms with van der Waals surface area (Å²) in [5, 5.41) is 0. The van der Waals surface area contributed by atoms with Gasteiger partial charge >= 0.3 is 0 Å². The predicted octanol–water partition coefficient (Wildman–Crippen LogP) is 4.85. The van der Waals surface area contributed by atoms with Crippen LogP contribution >= 0.6 is 0 Å². The van der Waals surface area contributed by atoms with Crippen molar-refractivity contribution in [2.45, 2.75) is 79.7 Å². The summed E-state index contributed by atoms with van der Waals surface area (Å²) in [5.74, 6) is 3.28. The van der Waals surface area contributed by atoms with Crippen molar-refractivity contribution >= 4 is 0 Å². The Balaban J connectivity index is 2.42. The van der Waals surface area contributed by atoms with Crippen LogP contribution in [0.15, 0.2) is 0 Å². The molecule has 0 aromatic rings. The first-order valence-electron chi connectivity index (χ1n) is 7.93. The van der Waals surface area contributed by atoms with E-state index in [4.69, 9.17) is 5.73 Å². The van der Waals surface area contributed by atoms with Crippen LogP contribution in [-0.4, -0.2) is 6.04 Å². The lowest BCUT2D eigenvalue weighted by Crippen LogP contribution is -2.37. The highest BCUT2D eigenvalue weighted by atomic mass is 14.7. The molecule has 0 aromatic heterocycles. The highest BCUT2D eigenvalue weighted by Gasteiger charge is 2.29. The Bertz CT molecular complexity index is 230. The molecule has 0 heterocycles. The number of rotatable bonds is 4. The highest BCUT2D eigenvalue weighted by molar-refractivity contribution is 4.83. The smallest absolute Gasteiger partial charge is 0.00699 e. The van der Waals surface area contributed by atoms with Gasteiger partial charge in [0, 0.05) is 6.04 Å². The van der Waals surface area contributed by atoms with Crippen LogP contribution in [0.1, 0.15) is 73.6 Å². The lowest BCUT2D eigenvalue weighted by atomic mass is 9.71. The third-order valence-corrected chi connectivity index (χ3v) is 4.46. The van der Waals surface area contributed by atoms with E-state index in [2.05, 4.69) is 41.5 Å². The molecule has 1 heteroatoms. The standard InChI is InChI=1S/C17H35N/c1-12-7-13(2)9-15(8-12)16(18)10-14(3)11-17(4,5)6/h12-16H,7-11,18H2,1-6H3. The summed E-state index contributed by atoms with van der Waals surface area (Å²) in [6.07, 6.45) is 6.61. The summed E-state index contributed by atoms with van der Waals surface area (Å²) in [7, 11) is 0. The quantitative estimate of drug-likeness (QED) is 0.761. The van der Waals surface area contributed by atoms with E-state index in [-0.39, 0.29) is 0 Å². The van der Waals surface area contributed by atoms with E-state index < -0.39 is 0 Å². The molecule has 4 atom stereocenters. The Morgan fingerprint density at radius 1 is 1.06 bits per heavy atom. The fourth-order valence-electron chi connectivity index (χ4n) is 4.14. The minimum Gasteiger partial charge on any atom is -0.327 e. The van der Waals surface area contributed by atoms with Crippen molar-refractivity contribution in [2.24, 2.45) is 34.8 Å². The summed E-state index contributed by atoms with van der Waals surface area (Å²) in [6, 6.07) is 0.424. The summed E-state index contributed by atoms with van der Waals surface area (Å²) in [4.78, 5) is 0. The molecule has 0 aromatic carbocycles. The Morgan fingerprint density at radius 2 is 1.56 bits per heavy atom. The van der Waals surface area contributed by atoms with Crippen LogP contribution in [0.5, 0.6) is 0 Å². The average molecular weight is 253 g/mol. The maximum atomic E-state index is 6.49. The molecule has 108 valence electrons. The second kappa shape index (κ2) is 6.41. The van der Waals surface area contributed by atoms with Crippen LogP contribution < -0.4 is 5.73 Å². The molecular weight excluding hydrogens is 218 g/mol. The van der Waals surface area contributed by atoms with E-state index in [0.717, 1.165) is 23.7 Å². The highest BCUT2D eigenvalue weighted by Crippen LogP contribution is 2.36. The minimum atomic E-state index is 0.424. The second-order valence-corrected chi connectivity index (χ2v) is 8.45. The van der Waals surface area contributed by atoms with Gasteiger partial charge < -0.3 is 5.73 Å². The summed E-state index contributed by atoms with van der Waals surface area (Å²) in [5.41, 5.74) is 6.93. The van der Waals surface area contributed by atoms with Gasteiger partial charge in [-0.25, -0.2) is 0 Å². The third-order valence-electron chi connectivity index (χ3n) is 4.46. The van der Waals surface area contributed by atoms with E-state index in [1.165, 1.54) is 32.1 Å². The maximum Gasteiger partial charge on any atom is 0.00699 e. The zero-order valence-electron chi connectivity index (χ0n) is 13.5. The number of hydrogen-bond acceptors (Lipinski definition) is 1. The van der Waals surface area contributed by atoms with Crippen LogP contribution in [0.2, 0.25) is 0 Å². The van der Waals surface area contributed by atoms with Gasteiger partial charge in [-0.2, -0.15) is 0 Å². The van der Waals surface area contributed by atoms with Crippen LogP contribution in [0.25, 0.3) is 0 Å². The first-order chi connectivity index (χ1) is 8.17. The molecular formula is C17H35N. The molecule has 0 aliphatic heterocycles. The van der Waals surface area contributed by atoms with Crippen molar-refractivity contribution in [3.05, 3.63) is 0 Å². The van der Waals surface area contributed by atoms with Crippen molar-refractivity contribution in [2.75, 3.05) is 0 Å². The Morgan fingerprint density at radius 3 is 2.00 bits per heavy atom. The van der Waals surface area contributed by atoms with Crippen molar-refractivity contribution in [3.8, 4) is 0 Å². The SMILES string of the molecule is CC1CC(C)CC(C(N)CC(C)CC(C)(C)C)C1. The lowest BCUT2D eigenvalue weighted by molar-refractivity contribution is 0.172. The topological polar surface area (TPSA) is 26.0 Å². The van der Waals surface area contributed by atoms with E-state index >= 15 is 0 Å². The van der Waals surface area contributed by atoms with Gasteiger partial charge in [-0.3, -0.25) is 0 Å². The van der Waals surface area contributed by atoms with Crippen molar-refractivity contribution in [1.82, 2.24) is 0 Å². The normalized spacial score (nSPS) is 33.2. The van der Waals surface area contributed by atoms with Gasteiger partial charge in [-0.1, -0.05) is 41.5 Å². The molecule has 0 amide bonds. The van der Waals surface area contributed by atoms with E-state index in [1.807, 2.05) is 0 Å². The fourth-order valence-corrected chi connectivity index (χ4v) is 4.14. The molecule has 1 aliphatic rings. The molecule has 2 N–H and O–H groups in total. The maximum absolute atomic E-state index is 6.49. The van der Waals surface area contributed by atoms with E-state index in [9.17, 15) is 0 Å². The molecule has 0 spiro atoms. The summed E-state index contributed by atoms with van der Waals surface area (Å²) >= 11 is 0. The first-order valence-corrected chi connectivity index (χ1v) is 7.93. The van der Waals surface area contributed by atoms with Gasteiger partial charge in [0.05, 0.1) is 0 Å². The minimum absolute atomic E-state index is 0.424. The van der Waals surface area contributed by atoms with Gasteiger partial charge in [0.15, 0.2) is 0 Å². The molecule has 1 rings (SSSR count). The molecule has 1 fully saturated rings. The van der Waals surface area contributed by atoms with Crippen LogP contribution in [0, 0.1) is 29.1 Å². The molecule has 1 saturated carbocycles. The number of hydrogen-bond donors (Lipinski definition) is 1. The van der Waals surface area contributed by atoms with Gasteiger partial charge in [-0.15, -0.1) is 0 Å². The molecule has 0 bridgehead atoms. The second-order valence-electron chi connectivity index (χ2n) is 8.45. The van der Waals surface area contributed by atoms with Gasteiger partial charge in [0.25, 0.3) is 0 Å². The molecule has 1 nitrogen and oxygen atoms in total. The van der Waals surface area contributed by atoms with Gasteiger partial charge in [0.2, 0.25) is 0 Å². The Hall–Kier alpha value is -0.0400. The Kier molecular flexibility index (Phi) is 5.70. The first kappa shape index (κ1) is 16.0. The van der Waals surface area contributed by atoms with Crippen LogP contribution in [0.3, 0.4) is 0 Å². The van der Waals surface area contributed by atoms with Crippen molar-refractivity contribution in [3.63, 3.8) is 0 Å². The largest absolute Gasteiger partial charge is 0.327 e. The predicted molar refractivity (Wildman–Crippen MR) is 81.5 cm³/mol. The summed E-state index contributed by atoms with van der Waals surface area (Å²) in [6.45, 7) is 14.2.